The van der Waals surface area contributed by atoms with Crippen molar-refractivity contribution in [3.8, 4) is 0 Å². The predicted octanol–water partition coefficient (Wildman–Crippen LogP) is 3.89. The first-order chi connectivity index (χ1) is 9.66. The molecule has 1 aliphatic carbocycles. The lowest BCUT2D eigenvalue weighted by atomic mass is 10.0. The van der Waals surface area contributed by atoms with Crippen LogP contribution in [0.3, 0.4) is 0 Å². The topological polar surface area (TPSA) is 21.3 Å². The minimum Gasteiger partial charge on any atom is -0.380 e. The monoisotopic (exact) mass is 275 g/mol. The van der Waals surface area contributed by atoms with Crippen molar-refractivity contribution >= 4 is 0 Å². The molecule has 2 rings (SSSR count). The summed E-state index contributed by atoms with van der Waals surface area (Å²) in [7, 11) is 0. The minimum atomic E-state index is 0.412. The van der Waals surface area contributed by atoms with E-state index in [1.54, 1.807) is 11.1 Å². The third-order valence-electron chi connectivity index (χ3n) is 4.16. The molecule has 0 heterocycles. The van der Waals surface area contributed by atoms with Crippen LogP contribution in [0.2, 0.25) is 0 Å². The number of fused-ring (bicyclic) bond motifs is 1. The molecule has 0 saturated heterocycles. The van der Waals surface area contributed by atoms with E-state index in [-0.39, 0.29) is 0 Å². The summed E-state index contributed by atoms with van der Waals surface area (Å²) in [5.74, 6) is 0.730. The van der Waals surface area contributed by atoms with E-state index in [0.29, 0.717) is 6.04 Å². The van der Waals surface area contributed by atoms with Gasteiger partial charge in [0.2, 0.25) is 0 Å². The van der Waals surface area contributed by atoms with E-state index in [9.17, 15) is 0 Å². The van der Waals surface area contributed by atoms with E-state index < -0.39 is 0 Å². The van der Waals surface area contributed by atoms with Crippen LogP contribution in [-0.2, 0) is 17.6 Å². The molecule has 0 radical (unpaired) electrons. The quantitative estimate of drug-likeness (QED) is 0.727. The van der Waals surface area contributed by atoms with Crippen LogP contribution in [0.25, 0.3) is 0 Å². The fraction of sp³-hybridized carbons (Fsp3) is 0.667. The van der Waals surface area contributed by atoms with Crippen molar-refractivity contribution in [2.24, 2.45) is 5.92 Å². The number of ether oxygens (including phenoxy) is 1. The highest BCUT2D eigenvalue weighted by molar-refractivity contribution is 5.36. The Hall–Kier alpha value is -0.860. The lowest BCUT2D eigenvalue weighted by Gasteiger charge is -2.16. The highest BCUT2D eigenvalue weighted by Gasteiger charge is 2.13. The van der Waals surface area contributed by atoms with Gasteiger partial charge in [-0.2, -0.15) is 0 Å². The molecule has 0 aliphatic heterocycles. The van der Waals surface area contributed by atoms with Gasteiger partial charge in [0.05, 0.1) is 6.61 Å². The zero-order valence-corrected chi connectivity index (χ0v) is 13.2. The molecule has 112 valence electrons. The largest absolute Gasteiger partial charge is 0.380 e. The Kier molecular flexibility index (Phi) is 6.06. The maximum Gasteiger partial charge on any atom is 0.0591 e. The number of hydrogen-bond acceptors (Lipinski definition) is 2. The van der Waals surface area contributed by atoms with Gasteiger partial charge in [0.1, 0.15) is 0 Å². The second-order valence-electron chi connectivity index (χ2n) is 6.35. The van der Waals surface area contributed by atoms with Crippen LogP contribution in [0.15, 0.2) is 18.2 Å². The Morgan fingerprint density at radius 1 is 1.10 bits per heavy atom. The van der Waals surface area contributed by atoms with Gasteiger partial charge in [-0.25, -0.2) is 0 Å². The summed E-state index contributed by atoms with van der Waals surface area (Å²) in [6.07, 6.45) is 5.00. The number of hydrogen-bond donors (Lipinski definition) is 1. The standard InChI is InChI=1S/C18H29NO/c1-14(2)9-11-20-12-10-19-15(3)17-8-7-16-5-4-6-18(16)13-17/h7-8,13-15,19H,4-6,9-12H2,1-3H3. The van der Waals surface area contributed by atoms with E-state index >= 15 is 0 Å². The van der Waals surface area contributed by atoms with Gasteiger partial charge >= 0.3 is 0 Å². The van der Waals surface area contributed by atoms with Crippen molar-refractivity contribution in [3.63, 3.8) is 0 Å². The summed E-state index contributed by atoms with van der Waals surface area (Å²) in [6, 6.07) is 7.39. The Bertz CT molecular complexity index is 414. The van der Waals surface area contributed by atoms with Gasteiger partial charge in [0, 0.05) is 19.2 Å². The molecule has 1 unspecified atom stereocenters. The Morgan fingerprint density at radius 3 is 2.70 bits per heavy atom. The van der Waals surface area contributed by atoms with Crippen LogP contribution < -0.4 is 5.32 Å². The second-order valence-corrected chi connectivity index (χ2v) is 6.35. The third kappa shape index (κ3) is 4.60. The molecule has 1 N–H and O–H groups in total. The van der Waals surface area contributed by atoms with Gasteiger partial charge < -0.3 is 10.1 Å². The molecular formula is C18H29NO. The fourth-order valence-electron chi connectivity index (χ4n) is 2.75. The summed E-state index contributed by atoms with van der Waals surface area (Å²) in [4.78, 5) is 0. The number of benzene rings is 1. The molecule has 0 fully saturated rings. The van der Waals surface area contributed by atoms with Crippen molar-refractivity contribution in [3.05, 3.63) is 34.9 Å². The van der Waals surface area contributed by atoms with Gasteiger partial charge in [-0.3, -0.25) is 0 Å². The van der Waals surface area contributed by atoms with Crippen LogP contribution in [0.4, 0.5) is 0 Å². The van der Waals surface area contributed by atoms with Crippen LogP contribution in [0.1, 0.15) is 56.3 Å². The molecule has 0 spiro atoms. The van der Waals surface area contributed by atoms with Gasteiger partial charge in [-0.1, -0.05) is 32.0 Å². The molecule has 1 aliphatic rings. The molecule has 0 saturated carbocycles. The number of nitrogens with one attached hydrogen (secondary N) is 1. The Morgan fingerprint density at radius 2 is 1.90 bits per heavy atom. The predicted molar refractivity (Wildman–Crippen MR) is 85.2 cm³/mol. The smallest absolute Gasteiger partial charge is 0.0591 e. The third-order valence-corrected chi connectivity index (χ3v) is 4.16. The number of aryl methyl sites for hydroxylation is 2. The van der Waals surface area contributed by atoms with Gasteiger partial charge in [-0.05, 0) is 55.2 Å². The Labute approximate surface area is 123 Å². The van der Waals surface area contributed by atoms with Crippen molar-refractivity contribution in [2.45, 2.75) is 52.5 Å². The summed E-state index contributed by atoms with van der Waals surface area (Å²) >= 11 is 0. The lowest BCUT2D eigenvalue weighted by Crippen LogP contribution is -2.23. The first-order valence-electron chi connectivity index (χ1n) is 8.09. The highest BCUT2D eigenvalue weighted by Crippen LogP contribution is 2.25. The molecule has 1 aromatic carbocycles. The van der Waals surface area contributed by atoms with E-state index in [4.69, 9.17) is 4.74 Å². The van der Waals surface area contributed by atoms with Crippen LogP contribution in [0.5, 0.6) is 0 Å². The molecular weight excluding hydrogens is 246 g/mol. The summed E-state index contributed by atoms with van der Waals surface area (Å²) in [6.45, 7) is 9.32. The van der Waals surface area contributed by atoms with Crippen LogP contribution >= 0.6 is 0 Å². The number of rotatable bonds is 8. The molecule has 2 heteroatoms. The maximum atomic E-state index is 5.64. The van der Waals surface area contributed by atoms with Crippen LogP contribution in [0, 0.1) is 5.92 Å². The highest BCUT2D eigenvalue weighted by atomic mass is 16.5. The molecule has 0 bridgehead atoms. The average molecular weight is 275 g/mol. The normalized spacial score (nSPS) is 15.6. The van der Waals surface area contributed by atoms with Gasteiger partial charge in [0.15, 0.2) is 0 Å². The van der Waals surface area contributed by atoms with Gasteiger partial charge in [0.25, 0.3) is 0 Å². The van der Waals surface area contributed by atoms with Gasteiger partial charge in [-0.15, -0.1) is 0 Å². The maximum absolute atomic E-state index is 5.64. The van der Waals surface area contributed by atoms with Crippen molar-refractivity contribution in [1.82, 2.24) is 5.32 Å². The van der Waals surface area contributed by atoms with E-state index in [2.05, 4.69) is 44.3 Å². The lowest BCUT2D eigenvalue weighted by molar-refractivity contribution is 0.123. The first-order valence-corrected chi connectivity index (χ1v) is 8.09. The zero-order chi connectivity index (χ0) is 14.4. The van der Waals surface area contributed by atoms with E-state index in [1.807, 2.05) is 0 Å². The molecule has 0 amide bonds. The average Bonchev–Trinajstić information content (AvgIpc) is 2.89. The van der Waals surface area contributed by atoms with Crippen molar-refractivity contribution < 1.29 is 4.74 Å². The Balaban J connectivity index is 1.68. The summed E-state index contributed by atoms with van der Waals surface area (Å²) in [5, 5.41) is 3.55. The molecule has 1 aromatic rings. The second kappa shape index (κ2) is 7.80. The molecule has 0 aromatic heterocycles. The van der Waals surface area contributed by atoms with Crippen molar-refractivity contribution in [2.75, 3.05) is 19.8 Å². The SMILES string of the molecule is CC(C)CCOCCNC(C)c1ccc2c(c1)CCC2. The van der Waals surface area contributed by atoms with Crippen LogP contribution in [-0.4, -0.2) is 19.8 Å². The van der Waals surface area contributed by atoms with E-state index in [1.165, 1.54) is 24.8 Å². The molecule has 20 heavy (non-hydrogen) atoms. The van der Waals surface area contributed by atoms with Crippen molar-refractivity contribution in [1.29, 1.82) is 0 Å². The first kappa shape index (κ1) is 15.5. The zero-order valence-electron chi connectivity index (χ0n) is 13.2. The summed E-state index contributed by atoms with van der Waals surface area (Å²) < 4.78 is 5.64. The molecule has 2 nitrogen and oxygen atoms in total. The molecule has 1 atom stereocenters. The minimum absolute atomic E-state index is 0.412. The fourth-order valence-corrected chi connectivity index (χ4v) is 2.75. The summed E-state index contributed by atoms with van der Waals surface area (Å²) in [5.41, 5.74) is 4.52. The van der Waals surface area contributed by atoms with E-state index in [0.717, 1.165) is 32.1 Å².